The first-order valence-electron chi connectivity index (χ1n) is 6.65. The van der Waals surface area contributed by atoms with Gasteiger partial charge >= 0.3 is 0 Å². The monoisotopic (exact) mass is 288 g/mol. The van der Waals surface area contributed by atoms with Crippen LogP contribution in [0.2, 0.25) is 0 Å². The highest BCUT2D eigenvalue weighted by molar-refractivity contribution is 5.97. The summed E-state index contributed by atoms with van der Waals surface area (Å²) >= 11 is 0. The standard InChI is InChI=1S/C15H20N4O2/c1-10(11-7-5-6-8-13(11)21-4)18(2)15(20)14-12(16)9-17-19(14)3/h5-10H,16H2,1-4H3. The first kappa shape index (κ1) is 14.9. The summed E-state index contributed by atoms with van der Waals surface area (Å²) < 4.78 is 6.84. The number of para-hydroxylation sites is 1. The lowest BCUT2D eigenvalue weighted by molar-refractivity contribution is 0.0731. The molecule has 2 aromatic rings. The van der Waals surface area contributed by atoms with Crippen LogP contribution in [0.1, 0.15) is 29.0 Å². The van der Waals surface area contributed by atoms with Gasteiger partial charge in [0, 0.05) is 19.7 Å². The van der Waals surface area contributed by atoms with Crippen LogP contribution in [0.15, 0.2) is 30.5 Å². The normalized spacial score (nSPS) is 12.0. The molecule has 1 heterocycles. The number of methoxy groups -OCH3 is 1. The Kier molecular flexibility index (Phi) is 4.16. The lowest BCUT2D eigenvalue weighted by Gasteiger charge is -2.26. The molecular formula is C15H20N4O2. The maximum atomic E-state index is 12.6. The Balaban J connectivity index is 2.31. The van der Waals surface area contributed by atoms with E-state index >= 15 is 0 Å². The molecule has 0 spiro atoms. The van der Waals surface area contributed by atoms with E-state index in [1.54, 1.807) is 26.1 Å². The minimum atomic E-state index is -0.175. The van der Waals surface area contributed by atoms with Gasteiger partial charge in [0.05, 0.1) is 25.0 Å². The van der Waals surface area contributed by atoms with Gasteiger partial charge in [-0.15, -0.1) is 0 Å². The number of hydrogen-bond acceptors (Lipinski definition) is 4. The van der Waals surface area contributed by atoms with Gasteiger partial charge in [0.2, 0.25) is 0 Å². The van der Waals surface area contributed by atoms with Gasteiger partial charge in [-0.3, -0.25) is 9.48 Å². The molecule has 0 aliphatic rings. The van der Waals surface area contributed by atoms with Crippen molar-refractivity contribution in [2.45, 2.75) is 13.0 Å². The summed E-state index contributed by atoms with van der Waals surface area (Å²) in [5, 5.41) is 4.00. The van der Waals surface area contributed by atoms with Gasteiger partial charge in [-0.2, -0.15) is 5.10 Å². The van der Waals surface area contributed by atoms with Crippen molar-refractivity contribution in [1.82, 2.24) is 14.7 Å². The molecule has 6 nitrogen and oxygen atoms in total. The number of nitrogen functional groups attached to an aromatic ring is 1. The molecule has 1 unspecified atom stereocenters. The van der Waals surface area contributed by atoms with Crippen LogP contribution in [0.4, 0.5) is 5.69 Å². The molecule has 0 saturated carbocycles. The third kappa shape index (κ3) is 2.69. The van der Waals surface area contributed by atoms with Crippen LogP contribution in [0.3, 0.4) is 0 Å². The first-order valence-corrected chi connectivity index (χ1v) is 6.65. The number of nitrogens with zero attached hydrogens (tertiary/aromatic N) is 3. The van der Waals surface area contributed by atoms with Crippen LogP contribution in [0.25, 0.3) is 0 Å². The van der Waals surface area contributed by atoms with Gasteiger partial charge < -0.3 is 15.4 Å². The van der Waals surface area contributed by atoms with Gasteiger partial charge in [-0.05, 0) is 13.0 Å². The number of hydrogen-bond donors (Lipinski definition) is 1. The second-order valence-electron chi connectivity index (χ2n) is 4.91. The zero-order valence-electron chi connectivity index (χ0n) is 12.7. The highest BCUT2D eigenvalue weighted by atomic mass is 16.5. The number of carbonyl (C=O) groups is 1. The molecule has 0 aliphatic heterocycles. The van der Waals surface area contributed by atoms with Crippen LogP contribution < -0.4 is 10.5 Å². The summed E-state index contributed by atoms with van der Waals surface area (Å²) in [7, 11) is 5.06. The predicted octanol–water partition coefficient (Wildman–Crippen LogP) is 1.84. The molecule has 0 fully saturated rings. The fraction of sp³-hybridized carbons (Fsp3) is 0.333. The minimum absolute atomic E-state index is 0.150. The van der Waals surface area contributed by atoms with E-state index in [0.29, 0.717) is 11.4 Å². The molecule has 21 heavy (non-hydrogen) atoms. The van der Waals surface area contributed by atoms with E-state index < -0.39 is 0 Å². The highest BCUT2D eigenvalue weighted by Gasteiger charge is 2.25. The average molecular weight is 288 g/mol. The molecule has 2 N–H and O–H groups in total. The van der Waals surface area contributed by atoms with Crippen molar-refractivity contribution in [1.29, 1.82) is 0 Å². The number of ether oxygens (including phenoxy) is 1. The number of aromatic nitrogens is 2. The topological polar surface area (TPSA) is 73.4 Å². The Hall–Kier alpha value is -2.50. The van der Waals surface area contributed by atoms with E-state index in [1.165, 1.54) is 10.9 Å². The molecule has 112 valence electrons. The maximum Gasteiger partial charge on any atom is 0.274 e. The van der Waals surface area contributed by atoms with Crippen molar-refractivity contribution < 1.29 is 9.53 Å². The van der Waals surface area contributed by atoms with Crippen molar-refractivity contribution in [2.75, 3.05) is 19.9 Å². The number of benzene rings is 1. The number of nitrogens with two attached hydrogens (primary N) is 1. The molecule has 0 bridgehead atoms. The van der Waals surface area contributed by atoms with Crippen molar-refractivity contribution in [3.05, 3.63) is 41.7 Å². The Bertz CT molecular complexity index is 631. The third-order valence-electron chi connectivity index (χ3n) is 3.66. The smallest absolute Gasteiger partial charge is 0.274 e. The number of anilines is 1. The Morgan fingerprint density at radius 2 is 2.10 bits per heavy atom. The molecular weight excluding hydrogens is 268 g/mol. The zero-order valence-corrected chi connectivity index (χ0v) is 12.7. The van der Waals surface area contributed by atoms with Crippen LogP contribution in [-0.4, -0.2) is 34.7 Å². The summed E-state index contributed by atoms with van der Waals surface area (Å²) in [5.74, 6) is 0.577. The van der Waals surface area contributed by atoms with Crippen molar-refractivity contribution in [2.24, 2.45) is 7.05 Å². The molecule has 0 aliphatic carbocycles. The van der Waals surface area contributed by atoms with Crippen molar-refractivity contribution >= 4 is 11.6 Å². The van der Waals surface area contributed by atoms with Crippen LogP contribution in [0, 0.1) is 0 Å². The zero-order chi connectivity index (χ0) is 15.6. The van der Waals surface area contributed by atoms with E-state index in [9.17, 15) is 4.79 Å². The number of rotatable bonds is 4. The fourth-order valence-electron chi connectivity index (χ4n) is 2.28. The van der Waals surface area contributed by atoms with Gasteiger partial charge in [-0.25, -0.2) is 0 Å². The summed E-state index contributed by atoms with van der Waals surface area (Å²) in [5.41, 5.74) is 7.53. The fourth-order valence-corrected chi connectivity index (χ4v) is 2.28. The lowest BCUT2D eigenvalue weighted by Crippen LogP contribution is -2.31. The second-order valence-corrected chi connectivity index (χ2v) is 4.91. The molecule has 1 aromatic carbocycles. The Morgan fingerprint density at radius 1 is 1.43 bits per heavy atom. The van der Waals surface area contributed by atoms with Gasteiger partial charge in [0.25, 0.3) is 5.91 Å². The summed E-state index contributed by atoms with van der Waals surface area (Å²) in [6.07, 6.45) is 1.48. The van der Waals surface area contributed by atoms with Crippen molar-refractivity contribution in [3.63, 3.8) is 0 Å². The van der Waals surface area contributed by atoms with Crippen LogP contribution in [-0.2, 0) is 7.05 Å². The quantitative estimate of drug-likeness (QED) is 0.931. The molecule has 2 rings (SSSR count). The molecule has 1 atom stereocenters. The Labute approximate surface area is 124 Å². The predicted molar refractivity (Wildman–Crippen MR) is 81.1 cm³/mol. The van der Waals surface area contributed by atoms with Crippen molar-refractivity contribution in [3.8, 4) is 5.75 Å². The SMILES string of the molecule is COc1ccccc1C(C)N(C)C(=O)c1c(N)cnn1C. The van der Waals surface area contributed by atoms with Crippen LogP contribution >= 0.6 is 0 Å². The van der Waals surface area contributed by atoms with Gasteiger partial charge in [0.1, 0.15) is 11.4 Å². The molecule has 6 heteroatoms. The molecule has 1 aromatic heterocycles. The maximum absolute atomic E-state index is 12.6. The lowest BCUT2D eigenvalue weighted by atomic mass is 10.1. The number of carbonyl (C=O) groups excluding carboxylic acids is 1. The van der Waals surface area contributed by atoms with Gasteiger partial charge in [0.15, 0.2) is 0 Å². The second kappa shape index (κ2) is 5.87. The molecule has 0 saturated heterocycles. The molecule has 1 amide bonds. The summed E-state index contributed by atoms with van der Waals surface area (Å²) in [4.78, 5) is 14.2. The number of aryl methyl sites for hydroxylation is 1. The van der Waals surface area contributed by atoms with E-state index in [-0.39, 0.29) is 11.9 Å². The van der Waals surface area contributed by atoms with Crippen LogP contribution in [0.5, 0.6) is 5.75 Å². The van der Waals surface area contributed by atoms with E-state index in [0.717, 1.165) is 11.3 Å². The third-order valence-corrected chi connectivity index (χ3v) is 3.66. The van der Waals surface area contributed by atoms with E-state index in [1.807, 2.05) is 31.2 Å². The van der Waals surface area contributed by atoms with E-state index in [4.69, 9.17) is 10.5 Å². The molecule has 0 radical (unpaired) electrons. The first-order chi connectivity index (χ1) is 9.97. The van der Waals surface area contributed by atoms with E-state index in [2.05, 4.69) is 5.10 Å². The highest BCUT2D eigenvalue weighted by Crippen LogP contribution is 2.29. The summed E-state index contributed by atoms with van der Waals surface area (Å²) in [6.45, 7) is 1.95. The average Bonchev–Trinajstić information content (AvgIpc) is 2.84. The largest absolute Gasteiger partial charge is 0.496 e. The van der Waals surface area contributed by atoms with Gasteiger partial charge in [-0.1, -0.05) is 18.2 Å². The summed E-state index contributed by atoms with van der Waals surface area (Å²) in [6, 6.07) is 7.49. The number of amides is 1. The minimum Gasteiger partial charge on any atom is -0.496 e. The Morgan fingerprint density at radius 3 is 2.67 bits per heavy atom.